The number of nitrogens with one attached hydrogen (secondary N) is 1. The number of para-hydroxylation sites is 1. The van der Waals surface area contributed by atoms with Crippen LogP contribution in [0.1, 0.15) is 10.4 Å². The van der Waals surface area contributed by atoms with E-state index >= 15 is 0 Å². The molecule has 0 spiro atoms. The van der Waals surface area contributed by atoms with Gasteiger partial charge in [-0.3, -0.25) is 4.79 Å². The topological polar surface area (TPSA) is 64.3 Å². The van der Waals surface area contributed by atoms with Crippen molar-refractivity contribution in [3.8, 4) is 5.75 Å². The number of ether oxygens (including phenoxy) is 1. The Morgan fingerprint density at radius 2 is 2.10 bits per heavy atom. The van der Waals surface area contributed by atoms with Crippen LogP contribution >= 0.6 is 11.6 Å². The number of anilines is 2. The van der Waals surface area contributed by atoms with Gasteiger partial charge in [0.15, 0.2) is 0 Å². The van der Waals surface area contributed by atoms with Crippen LogP contribution in [0, 0.1) is 5.82 Å². The van der Waals surface area contributed by atoms with E-state index in [1.807, 2.05) is 0 Å². The van der Waals surface area contributed by atoms with Crippen molar-refractivity contribution < 1.29 is 13.9 Å². The monoisotopic (exact) mass is 294 g/mol. The normalized spacial score (nSPS) is 10.2. The molecule has 20 heavy (non-hydrogen) atoms. The molecular formula is C14H12ClFN2O2. The summed E-state index contributed by atoms with van der Waals surface area (Å²) in [7, 11) is 1.48. The molecule has 0 saturated carbocycles. The maximum absolute atomic E-state index is 13.6. The number of nitrogens with two attached hydrogens (primary N) is 1. The fraction of sp³-hybridized carbons (Fsp3) is 0.0714. The minimum atomic E-state index is -0.604. The van der Waals surface area contributed by atoms with Gasteiger partial charge in [0.25, 0.3) is 5.91 Å². The maximum atomic E-state index is 13.6. The molecule has 4 nitrogen and oxygen atoms in total. The summed E-state index contributed by atoms with van der Waals surface area (Å²) in [5.41, 5.74) is 6.26. The van der Waals surface area contributed by atoms with Gasteiger partial charge < -0.3 is 15.8 Å². The lowest BCUT2D eigenvalue weighted by molar-refractivity contribution is 0.102. The second-order valence-electron chi connectivity index (χ2n) is 4.01. The van der Waals surface area contributed by atoms with E-state index in [0.29, 0.717) is 11.4 Å². The van der Waals surface area contributed by atoms with E-state index in [0.717, 1.165) is 0 Å². The molecule has 0 atom stereocenters. The molecule has 0 fully saturated rings. The van der Waals surface area contributed by atoms with Crippen molar-refractivity contribution in [2.24, 2.45) is 0 Å². The summed E-state index contributed by atoms with van der Waals surface area (Å²) in [4.78, 5) is 12.0. The van der Waals surface area contributed by atoms with Gasteiger partial charge in [-0.2, -0.15) is 0 Å². The SMILES string of the molecule is COc1ccc(C(=O)Nc2c(F)cccc2Cl)cc1N. The number of hydrogen-bond donors (Lipinski definition) is 2. The lowest BCUT2D eigenvalue weighted by Crippen LogP contribution is -2.13. The molecule has 0 bridgehead atoms. The summed E-state index contributed by atoms with van der Waals surface area (Å²) < 4.78 is 18.6. The minimum Gasteiger partial charge on any atom is -0.495 e. The van der Waals surface area contributed by atoms with E-state index in [1.165, 1.54) is 37.4 Å². The third-order valence-electron chi connectivity index (χ3n) is 2.69. The molecule has 0 aliphatic rings. The van der Waals surface area contributed by atoms with Crippen LogP contribution in [0.2, 0.25) is 5.02 Å². The predicted octanol–water partition coefficient (Wildman–Crippen LogP) is 3.32. The van der Waals surface area contributed by atoms with Crippen molar-refractivity contribution in [1.82, 2.24) is 0 Å². The zero-order valence-electron chi connectivity index (χ0n) is 10.6. The second-order valence-corrected chi connectivity index (χ2v) is 4.41. The Hall–Kier alpha value is -2.27. The lowest BCUT2D eigenvalue weighted by Gasteiger charge is -2.10. The van der Waals surface area contributed by atoms with Crippen LogP contribution in [0.4, 0.5) is 15.8 Å². The van der Waals surface area contributed by atoms with Crippen LogP contribution in [0.15, 0.2) is 36.4 Å². The fourth-order valence-electron chi connectivity index (χ4n) is 1.68. The molecule has 2 aromatic rings. The number of hydrogen-bond acceptors (Lipinski definition) is 3. The number of amides is 1. The van der Waals surface area contributed by atoms with Crippen LogP contribution in [0.5, 0.6) is 5.75 Å². The Morgan fingerprint density at radius 3 is 2.70 bits per heavy atom. The smallest absolute Gasteiger partial charge is 0.255 e. The van der Waals surface area contributed by atoms with E-state index < -0.39 is 11.7 Å². The van der Waals surface area contributed by atoms with Gasteiger partial charge in [0.1, 0.15) is 11.6 Å². The van der Waals surface area contributed by atoms with Crippen molar-refractivity contribution in [3.05, 3.63) is 52.8 Å². The Bertz CT molecular complexity index is 641. The molecule has 0 heterocycles. The van der Waals surface area contributed by atoms with Crippen molar-refractivity contribution in [2.45, 2.75) is 0 Å². The van der Waals surface area contributed by atoms with Crippen LogP contribution < -0.4 is 15.8 Å². The first-order chi connectivity index (χ1) is 9.52. The van der Waals surface area contributed by atoms with Gasteiger partial charge in [-0.25, -0.2) is 4.39 Å². The Morgan fingerprint density at radius 1 is 1.35 bits per heavy atom. The number of halogens is 2. The summed E-state index contributed by atoms with van der Waals surface area (Å²) in [6.07, 6.45) is 0. The summed E-state index contributed by atoms with van der Waals surface area (Å²) in [5, 5.41) is 2.54. The number of nitrogen functional groups attached to an aromatic ring is 1. The molecule has 2 aromatic carbocycles. The molecule has 6 heteroatoms. The highest BCUT2D eigenvalue weighted by molar-refractivity contribution is 6.34. The molecule has 0 aliphatic carbocycles. The van der Waals surface area contributed by atoms with Gasteiger partial charge in [-0.05, 0) is 30.3 Å². The second kappa shape index (κ2) is 5.79. The maximum Gasteiger partial charge on any atom is 0.255 e. The number of carbonyl (C=O) groups excluding carboxylic acids is 1. The number of rotatable bonds is 3. The van der Waals surface area contributed by atoms with E-state index in [9.17, 15) is 9.18 Å². The van der Waals surface area contributed by atoms with Gasteiger partial charge in [0.05, 0.1) is 23.5 Å². The molecule has 0 aliphatic heterocycles. The third-order valence-corrected chi connectivity index (χ3v) is 3.01. The fourth-order valence-corrected chi connectivity index (χ4v) is 1.89. The molecule has 2 rings (SSSR count). The molecule has 3 N–H and O–H groups in total. The van der Waals surface area contributed by atoms with Crippen LogP contribution in [0.3, 0.4) is 0 Å². The Labute approximate surface area is 120 Å². The molecule has 0 saturated heterocycles. The van der Waals surface area contributed by atoms with Gasteiger partial charge in [-0.1, -0.05) is 17.7 Å². The first kappa shape index (κ1) is 14.1. The first-order valence-electron chi connectivity index (χ1n) is 5.72. The highest BCUT2D eigenvalue weighted by atomic mass is 35.5. The molecule has 0 aromatic heterocycles. The third kappa shape index (κ3) is 2.83. The highest BCUT2D eigenvalue weighted by Crippen LogP contribution is 2.26. The zero-order chi connectivity index (χ0) is 14.7. The van der Waals surface area contributed by atoms with Crippen LogP contribution in [0.25, 0.3) is 0 Å². The largest absolute Gasteiger partial charge is 0.495 e. The summed E-state index contributed by atoms with van der Waals surface area (Å²) in [5.74, 6) is -0.649. The van der Waals surface area contributed by atoms with Gasteiger partial charge >= 0.3 is 0 Å². The van der Waals surface area contributed by atoms with Crippen molar-refractivity contribution in [2.75, 3.05) is 18.2 Å². The predicted molar refractivity (Wildman–Crippen MR) is 76.8 cm³/mol. The van der Waals surface area contributed by atoms with Gasteiger partial charge in [0.2, 0.25) is 0 Å². The van der Waals surface area contributed by atoms with E-state index in [-0.39, 0.29) is 16.3 Å². The van der Waals surface area contributed by atoms with Gasteiger partial charge in [0, 0.05) is 5.56 Å². The summed E-state index contributed by atoms with van der Waals surface area (Å²) in [6, 6.07) is 8.70. The van der Waals surface area contributed by atoms with E-state index in [1.54, 1.807) is 6.07 Å². The average molecular weight is 295 g/mol. The molecule has 0 radical (unpaired) electrons. The summed E-state index contributed by atoms with van der Waals surface area (Å²) in [6.45, 7) is 0. The van der Waals surface area contributed by atoms with Crippen molar-refractivity contribution in [3.63, 3.8) is 0 Å². The summed E-state index contributed by atoms with van der Waals surface area (Å²) >= 11 is 5.84. The van der Waals surface area contributed by atoms with Crippen molar-refractivity contribution in [1.29, 1.82) is 0 Å². The lowest BCUT2D eigenvalue weighted by atomic mass is 10.1. The van der Waals surface area contributed by atoms with Gasteiger partial charge in [-0.15, -0.1) is 0 Å². The quantitative estimate of drug-likeness (QED) is 0.854. The Balaban J connectivity index is 2.26. The number of carbonyl (C=O) groups is 1. The zero-order valence-corrected chi connectivity index (χ0v) is 11.4. The molecule has 0 unspecified atom stereocenters. The van der Waals surface area contributed by atoms with Crippen molar-refractivity contribution >= 4 is 28.9 Å². The standard InChI is InChI=1S/C14H12ClFN2O2/c1-20-12-6-5-8(7-11(12)17)14(19)18-13-9(15)3-2-4-10(13)16/h2-7H,17H2,1H3,(H,18,19). The van der Waals surface area contributed by atoms with Crippen LogP contribution in [-0.2, 0) is 0 Å². The molecule has 104 valence electrons. The van der Waals surface area contributed by atoms with E-state index in [4.69, 9.17) is 22.1 Å². The number of benzene rings is 2. The van der Waals surface area contributed by atoms with E-state index in [2.05, 4.69) is 5.32 Å². The highest BCUT2D eigenvalue weighted by Gasteiger charge is 2.13. The minimum absolute atomic E-state index is 0.0615. The number of methoxy groups -OCH3 is 1. The van der Waals surface area contributed by atoms with Crippen LogP contribution in [-0.4, -0.2) is 13.0 Å². The average Bonchev–Trinajstić information content (AvgIpc) is 2.42. The first-order valence-corrected chi connectivity index (χ1v) is 6.09. The molecule has 1 amide bonds. The Kier molecular flexibility index (Phi) is 4.10. The molecular weight excluding hydrogens is 283 g/mol.